The first-order chi connectivity index (χ1) is 9.41. The molecule has 0 spiro atoms. The van der Waals surface area contributed by atoms with Crippen molar-refractivity contribution in [1.29, 1.82) is 0 Å². The average molecular weight is 313 g/mol. The van der Waals surface area contributed by atoms with Gasteiger partial charge in [0.15, 0.2) is 0 Å². The van der Waals surface area contributed by atoms with Crippen LogP contribution >= 0.6 is 11.6 Å². The van der Waals surface area contributed by atoms with Crippen LogP contribution in [0.4, 0.5) is 5.69 Å². The highest BCUT2D eigenvalue weighted by Gasteiger charge is 2.18. The van der Waals surface area contributed by atoms with E-state index >= 15 is 0 Å². The molecule has 2 rings (SSSR count). The molecule has 1 aromatic heterocycles. The van der Waals surface area contributed by atoms with Crippen molar-refractivity contribution in [3.63, 3.8) is 0 Å². The van der Waals surface area contributed by atoms with Gasteiger partial charge in [0, 0.05) is 14.1 Å². The fraction of sp³-hybridized carbons (Fsp3) is 0.154. The number of sulfonamides is 1. The number of benzene rings is 1. The minimum atomic E-state index is -3.51. The number of hydrogen-bond acceptors (Lipinski definition) is 4. The molecule has 20 heavy (non-hydrogen) atoms. The van der Waals surface area contributed by atoms with Gasteiger partial charge in [-0.1, -0.05) is 11.6 Å². The van der Waals surface area contributed by atoms with Gasteiger partial charge >= 0.3 is 0 Å². The first kappa shape index (κ1) is 14.8. The molecule has 0 saturated heterocycles. The summed E-state index contributed by atoms with van der Waals surface area (Å²) in [6, 6.07) is 7.85. The number of nitrogens with zero attached hydrogens (tertiary/aromatic N) is 2. The summed E-state index contributed by atoms with van der Waals surface area (Å²) >= 11 is 6.01. The van der Waals surface area contributed by atoms with Crippen molar-refractivity contribution in [2.45, 2.75) is 4.90 Å². The van der Waals surface area contributed by atoms with Gasteiger partial charge in [-0.25, -0.2) is 12.7 Å². The Morgan fingerprint density at radius 2 is 2.05 bits per heavy atom. The van der Waals surface area contributed by atoms with Gasteiger partial charge in [-0.15, -0.1) is 0 Å². The molecule has 0 unspecified atom stereocenters. The molecule has 0 aliphatic carbocycles. The highest BCUT2D eigenvalue weighted by molar-refractivity contribution is 7.89. The van der Waals surface area contributed by atoms with Gasteiger partial charge in [-0.05, 0) is 30.3 Å². The quantitative estimate of drug-likeness (QED) is 0.815. The Labute approximate surface area is 122 Å². The Hall–Kier alpha value is -1.63. The van der Waals surface area contributed by atoms with Gasteiger partial charge in [0.2, 0.25) is 10.0 Å². The van der Waals surface area contributed by atoms with Gasteiger partial charge in [0.25, 0.3) is 0 Å². The summed E-state index contributed by atoms with van der Waals surface area (Å²) < 4.78 is 30.3. The SMILES string of the molecule is CN(C)S(=O)(=O)c1ccc(Cl)c(N=Cc2ccco2)c1. The molecule has 5 nitrogen and oxygen atoms in total. The summed E-state index contributed by atoms with van der Waals surface area (Å²) in [4.78, 5) is 4.29. The molecule has 0 aliphatic heterocycles. The van der Waals surface area contributed by atoms with Crippen LogP contribution in [-0.4, -0.2) is 33.0 Å². The molecule has 0 atom stereocenters. The average Bonchev–Trinajstić information content (AvgIpc) is 2.90. The maximum absolute atomic E-state index is 12.0. The second-order valence-electron chi connectivity index (χ2n) is 4.17. The largest absolute Gasteiger partial charge is 0.463 e. The zero-order valence-electron chi connectivity index (χ0n) is 10.9. The van der Waals surface area contributed by atoms with Crippen molar-refractivity contribution < 1.29 is 12.8 Å². The van der Waals surface area contributed by atoms with Gasteiger partial charge in [0.1, 0.15) is 5.76 Å². The molecule has 0 radical (unpaired) electrons. The summed E-state index contributed by atoms with van der Waals surface area (Å²) in [5, 5.41) is 0.366. The summed E-state index contributed by atoms with van der Waals surface area (Å²) in [7, 11) is -0.575. The summed E-state index contributed by atoms with van der Waals surface area (Å²) in [6.07, 6.45) is 3.00. The van der Waals surface area contributed by atoms with E-state index in [2.05, 4.69) is 4.99 Å². The Kier molecular flexibility index (Phi) is 4.27. The third-order valence-electron chi connectivity index (χ3n) is 2.57. The van der Waals surface area contributed by atoms with Crippen LogP contribution in [0.15, 0.2) is 50.9 Å². The van der Waals surface area contributed by atoms with E-state index < -0.39 is 10.0 Å². The second kappa shape index (κ2) is 5.78. The lowest BCUT2D eigenvalue weighted by Gasteiger charge is -2.11. The van der Waals surface area contributed by atoms with Crippen molar-refractivity contribution in [1.82, 2.24) is 4.31 Å². The van der Waals surface area contributed by atoms with Crippen LogP contribution in [0.3, 0.4) is 0 Å². The fourth-order valence-corrected chi connectivity index (χ4v) is 2.55. The Morgan fingerprint density at radius 1 is 1.30 bits per heavy atom. The third kappa shape index (κ3) is 3.09. The molecule has 0 saturated carbocycles. The van der Waals surface area contributed by atoms with E-state index in [0.717, 1.165) is 4.31 Å². The highest BCUT2D eigenvalue weighted by Crippen LogP contribution is 2.28. The highest BCUT2D eigenvalue weighted by atomic mass is 35.5. The number of rotatable bonds is 4. The molecule has 7 heteroatoms. The van der Waals surface area contributed by atoms with E-state index in [1.807, 2.05) is 0 Å². The number of furan rings is 1. The monoisotopic (exact) mass is 312 g/mol. The summed E-state index contributed by atoms with van der Waals surface area (Å²) in [6.45, 7) is 0. The lowest BCUT2D eigenvalue weighted by atomic mass is 10.3. The van der Waals surface area contributed by atoms with Crippen molar-refractivity contribution in [2.75, 3.05) is 14.1 Å². The van der Waals surface area contributed by atoms with Gasteiger partial charge < -0.3 is 4.42 Å². The van der Waals surface area contributed by atoms with Crippen molar-refractivity contribution in [3.8, 4) is 0 Å². The summed E-state index contributed by atoms with van der Waals surface area (Å²) in [5.41, 5.74) is 0.367. The van der Waals surface area contributed by atoms with Crippen LogP contribution in [0.25, 0.3) is 0 Å². The lowest BCUT2D eigenvalue weighted by molar-refractivity contribution is 0.521. The predicted molar refractivity (Wildman–Crippen MR) is 78.3 cm³/mol. The van der Waals surface area contributed by atoms with Crippen LogP contribution in [0.1, 0.15) is 5.76 Å². The normalized spacial score (nSPS) is 12.4. The number of hydrogen-bond donors (Lipinski definition) is 0. The van der Waals surface area contributed by atoms with Gasteiger partial charge in [-0.3, -0.25) is 4.99 Å². The van der Waals surface area contributed by atoms with Crippen LogP contribution < -0.4 is 0 Å². The van der Waals surface area contributed by atoms with Crippen molar-refractivity contribution in [3.05, 3.63) is 47.4 Å². The minimum absolute atomic E-state index is 0.137. The molecule has 0 fully saturated rings. The first-order valence-corrected chi connectivity index (χ1v) is 7.53. The van der Waals surface area contributed by atoms with E-state index in [1.165, 1.54) is 44.8 Å². The van der Waals surface area contributed by atoms with Crippen molar-refractivity contribution >= 4 is 33.5 Å². The maximum Gasteiger partial charge on any atom is 0.242 e. The van der Waals surface area contributed by atoms with E-state index in [-0.39, 0.29) is 4.90 Å². The molecule has 0 N–H and O–H groups in total. The first-order valence-electron chi connectivity index (χ1n) is 5.71. The Morgan fingerprint density at radius 3 is 2.65 bits per heavy atom. The molecule has 0 aliphatic rings. The molecule has 0 bridgehead atoms. The van der Waals surface area contributed by atoms with Crippen LogP contribution in [-0.2, 0) is 10.0 Å². The molecule has 0 amide bonds. The molecular weight excluding hydrogens is 300 g/mol. The zero-order valence-corrected chi connectivity index (χ0v) is 12.5. The molecule has 1 heterocycles. The van der Waals surface area contributed by atoms with Crippen molar-refractivity contribution in [2.24, 2.45) is 4.99 Å². The van der Waals surface area contributed by atoms with Crippen LogP contribution in [0.2, 0.25) is 5.02 Å². The second-order valence-corrected chi connectivity index (χ2v) is 6.73. The Balaban J connectivity index is 2.40. The van der Waals surface area contributed by atoms with E-state index in [4.69, 9.17) is 16.0 Å². The predicted octanol–water partition coefficient (Wildman–Crippen LogP) is 2.93. The van der Waals surface area contributed by atoms with Crippen LogP contribution in [0, 0.1) is 0 Å². The number of halogens is 1. The van der Waals surface area contributed by atoms with E-state index in [1.54, 1.807) is 12.1 Å². The van der Waals surface area contributed by atoms with E-state index in [9.17, 15) is 8.42 Å². The van der Waals surface area contributed by atoms with Gasteiger partial charge in [0.05, 0.1) is 28.1 Å². The number of aliphatic imine (C=N–C) groups is 1. The Bertz CT molecular complexity index is 722. The molecule has 2 aromatic rings. The maximum atomic E-state index is 12.0. The smallest absolute Gasteiger partial charge is 0.242 e. The van der Waals surface area contributed by atoms with Gasteiger partial charge in [-0.2, -0.15) is 0 Å². The van der Waals surface area contributed by atoms with E-state index in [0.29, 0.717) is 16.5 Å². The molecule has 1 aromatic carbocycles. The molecule has 106 valence electrons. The topological polar surface area (TPSA) is 62.9 Å². The standard InChI is InChI=1S/C13H13ClN2O3S/c1-16(2)20(17,18)11-5-6-12(14)13(8-11)15-9-10-4-3-7-19-10/h3-9H,1-2H3. The third-order valence-corrected chi connectivity index (χ3v) is 4.70. The summed E-state index contributed by atoms with van der Waals surface area (Å²) in [5.74, 6) is 0.557. The zero-order chi connectivity index (χ0) is 14.8. The fourth-order valence-electron chi connectivity index (χ4n) is 1.46. The molecular formula is C13H13ClN2O3S. The minimum Gasteiger partial charge on any atom is -0.463 e. The van der Waals surface area contributed by atoms with Crippen LogP contribution in [0.5, 0.6) is 0 Å². The lowest BCUT2D eigenvalue weighted by Crippen LogP contribution is -2.22.